The lowest BCUT2D eigenvalue weighted by molar-refractivity contribution is 0.101. The van der Waals surface area contributed by atoms with Crippen molar-refractivity contribution in [2.75, 3.05) is 38.7 Å². The monoisotopic (exact) mass is 361 g/mol. The van der Waals surface area contributed by atoms with Gasteiger partial charge in [0.15, 0.2) is 5.13 Å². The fraction of sp³-hybridized carbons (Fsp3) is 0.444. The highest BCUT2D eigenvalue weighted by molar-refractivity contribution is 7.15. The third kappa shape index (κ3) is 4.78. The molecule has 134 valence electrons. The number of benzene rings is 1. The number of piperidine rings is 1. The van der Waals surface area contributed by atoms with Crippen molar-refractivity contribution in [3.63, 3.8) is 0 Å². The smallest absolute Gasteiger partial charge is 0.261 e. The van der Waals surface area contributed by atoms with E-state index in [2.05, 4.69) is 15.6 Å². The zero-order valence-electron chi connectivity index (χ0n) is 14.3. The predicted octanol–water partition coefficient (Wildman–Crippen LogP) is 2.89. The van der Waals surface area contributed by atoms with Gasteiger partial charge in [-0.05, 0) is 44.0 Å². The summed E-state index contributed by atoms with van der Waals surface area (Å²) in [6, 6.07) is 7.20. The van der Waals surface area contributed by atoms with Gasteiger partial charge >= 0.3 is 0 Å². The van der Waals surface area contributed by atoms with Crippen molar-refractivity contribution < 1.29 is 14.3 Å². The molecule has 25 heavy (non-hydrogen) atoms. The molecule has 2 heterocycles. The minimum atomic E-state index is -0.209. The maximum absolute atomic E-state index is 12.6. The zero-order valence-corrected chi connectivity index (χ0v) is 15.1. The Kier molecular flexibility index (Phi) is 6.38. The molecule has 0 atom stereocenters. The lowest BCUT2D eigenvalue weighted by atomic mass is 9.97. The summed E-state index contributed by atoms with van der Waals surface area (Å²) >= 11 is 1.56. The summed E-state index contributed by atoms with van der Waals surface area (Å²) in [7, 11) is 1.62. The van der Waals surface area contributed by atoms with Gasteiger partial charge in [0, 0.05) is 18.2 Å². The second-order valence-electron chi connectivity index (χ2n) is 5.88. The number of anilines is 1. The van der Waals surface area contributed by atoms with Crippen LogP contribution in [0.1, 0.15) is 34.0 Å². The Labute approximate surface area is 151 Å². The molecule has 1 aromatic carbocycles. The number of amides is 1. The van der Waals surface area contributed by atoms with E-state index in [1.807, 2.05) is 18.3 Å². The average Bonchev–Trinajstić information content (AvgIpc) is 3.11. The molecule has 1 fully saturated rings. The molecule has 2 aromatic rings. The molecular weight excluding hydrogens is 338 g/mol. The topological polar surface area (TPSA) is 72.5 Å². The van der Waals surface area contributed by atoms with Gasteiger partial charge in [0.2, 0.25) is 0 Å². The van der Waals surface area contributed by atoms with E-state index in [1.54, 1.807) is 30.6 Å². The van der Waals surface area contributed by atoms with Crippen molar-refractivity contribution in [1.29, 1.82) is 0 Å². The van der Waals surface area contributed by atoms with Crippen molar-refractivity contribution >= 4 is 22.4 Å². The Hall–Kier alpha value is -1.96. The number of hydrogen-bond donors (Lipinski definition) is 2. The summed E-state index contributed by atoms with van der Waals surface area (Å²) in [6.07, 6.45) is 4.12. The van der Waals surface area contributed by atoms with Crippen LogP contribution in [0.15, 0.2) is 30.5 Å². The van der Waals surface area contributed by atoms with Crippen LogP contribution in [0.2, 0.25) is 0 Å². The second-order valence-corrected chi connectivity index (χ2v) is 6.95. The number of rotatable bonds is 7. The number of para-hydroxylation sites is 1. The largest absolute Gasteiger partial charge is 0.490 e. The van der Waals surface area contributed by atoms with Gasteiger partial charge in [0.1, 0.15) is 12.4 Å². The number of carbonyl (C=O) groups excluding carboxylic acids is 1. The van der Waals surface area contributed by atoms with Crippen LogP contribution in [0.5, 0.6) is 5.75 Å². The third-order valence-electron chi connectivity index (χ3n) is 4.16. The van der Waals surface area contributed by atoms with Crippen LogP contribution in [0.4, 0.5) is 5.13 Å². The Morgan fingerprint density at radius 3 is 2.92 bits per heavy atom. The number of ether oxygens (including phenoxy) is 2. The standard InChI is InChI=1S/C18H23N3O3S/c1-23-10-11-24-15-5-3-2-4-14(15)17(22)21-18-20-12-16(25-18)13-6-8-19-9-7-13/h2-5,12-13,19H,6-11H2,1H3,(H,20,21,22). The summed E-state index contributed by atoms with van der Waals surface area (Å²) in [5.41, 5.74) is 0.497. The van der Waals surface area contributed by atoms with E-state index in [-0.39, 0.29) is 5.91 Å². The molecule has 0 radical (unpaired) electrons. The van der Waals surface area contributed by atoms with E-state index in [9.17, 15) is 4.79 Å². The van der Waals surface area contributed by atoms with Gasteiger partial charge in [0.25, 0.3) is 5.91 Å². The molecular formula is C18H23N3O3S. The third-order valence-corrected chi connectivity index (χ3v) is 5.24. The van der Waals surface area contributed by atoms with Crippen LogP contribution in [-0.2, 0) is 4.74 Å². The molecule has 1 aliphatic heterocycles. The molecule has 0 spiro atoms. The van der Waals surface area contributed by atoms with E-state index >= 15 is 0 Å². The second kappa shape index (κ2) is 8.94. The van der Waals surface area contributed by atoms with E-state index < -0.39 is 0 Å². The molecule has 0 aliphatic carbocycles. The van der Waals surface area contributed by atoms with Gasteiger partial charge in [-0.1, -0.05) is 12.1 Å². The van der Waals surface area contributed by atoms with Crippen LogP contribution in [0.25, 0.3) is 0 Å². The molecule has 1 aromatic heterocycles. The minimum absolute atomic E-state index is 0.209. The lowest BCUT2D eigenvalue weighted by Gasteiger charge is -2.20. The molecule has 6 nitrogen and oxygen atoms in total. The van der Waals surface area contributed by atoms with E-state index in [1.165, 1.54) is 4.88 Å². The normalized spacial score (nSPS) is 15.1. The first kappa shape index (κ1) is 17.8. The fourth-order valence-electron chi connectivity index (χ4n) is 2.82. The summed E-state index contributed by atoms with van der Waals surface area (Å²) in [4.78, 5) is 18.2. The fourth-order valence-corrected chi connectivity index (χ4v) is 3.80. The van der Waals surface area contributed by atoms with E-state index in [0.29, 0.717) is 35.6 Å². The highest BCUT2D eigenvalue weighted by atomic mass is 32.1. The highest BCUT2D eigenvalue weighted by Crippen LogP contribution is 2.32. The molecule has 7 heteroatoms. The summed E-state index contributed by atoms with van der Waals surface area (Å²) < 4.78 is 10.6. The summed E-state index contributed by atoms with van der Waals surface area (Å²) in [6.45, 7) is 2.95. The molecule has 1 saturated heterocycles. The minimum Gasteiger partial charge on any atom is -0.490 e. The van der Waals surface area contributed by atoms with Crippen LogP contribution in [0, 0.1) is 0 Å². The first-order valence-electron chi connectivity index (χ1n) is 8.46. The molecule has 2 N–H and O–H groups in total. The Balaban J connectivity index is 1.65. The zero-order chi connectivity index (χ0) is 17.5. The van der Waals surface area contributed by atoms with Gasteiger partial charge in [-0.25, -0.2) is 4.98 Å². The van der Waals surface area contributed by atoms with Gasteiger partial charge in [-0.15, -0.1) is 11.3 Å². The number of hydrogen-bond acceptors (Lipinski definition) is 6. The van der Waals surface area contributed by atoms with Crippen molar-refractivity contribution in [2.24, 2.45) is 0 Å². The Bertz CT molecular complexity index is 698. The maximum atomic E-state index is 12.6. The maximum Gasteiger partial charge on any atom is 0.261 e. The first-order valence-corrected chi connectivity index (χ1v) is 9.28. The number of nitrogens with one attached hydrogen (secondary N) is 2. The first-order chi connectivity index (χ1) is 12.3. The van der Waals surface area contributed by atoms with Crippen LogP contribution >= 0.6 is 11.3 Å². The van der Waals surface area contributed by atoms with Crippen molar-refractivity contribution in [3.05, 3.63) is 40.9 Å². The number of nitrogens with zero attached hydrogens (tertiary/aromatic N) is 1. The molecule has 3 rings (SSSR count). The van der Waals surface area contributed by atoms with E-state index in [4.69, 9.17) is 9.47 Å². The average molecular weight is 361 g/mol. The molecule has 0 unspecified atom stereocenters. The van der Waals surface area contributed by atoms with Gasteiger partial charge in [-0.3, -0.25) is 10.1 Å². The van der Waals surface area contributed by atoms with Gasteiger partial charge in [0.05, 0.1) is 12.2 Å². The molecule has 0 saturated carbocycles. The van der Waals surface area contributed by atoms with Crippen molar-refractivity contribution in [3.8, 4) is 5.75 Å². The molecule has 0 bridgehead atoms. The lowest BCUT2D eigenvalue weighted by Crippen LogP contribution is -2.26. The van der Waals surface area contributed by atoms with Crippen molar-refractivity contribution in [2.45, 2.75) is 18.8 Å². The number of thiazole rings is 1. The SMILES string of the molecule is COCCOc1ccccc1C(=O)Nc1ncc(C2CCNCC2)s1. The van der Waals surface area contributed by atoms with Crippen LogP contribution in [-0.4, -0.2) is 44.3 Å². The molecule has 1 amide bonds. The van der Waals surface area contributed by atoms with Crippen LogP contribution in [0.3, 0.4) is 0 Å². The quantitative estimate of drug-likeness (QED) is 0.742. The number of carbonyl (C=O) groups is 1. The summed E-state index contributed by atoms with van der Waals surface area (Å²) in [5, 5.41) is 6.88. The van der Waals surface area contributed by atoms with Crippen molar-refractivity contribution in [1.82, 2.24) is 10.3 Å². The van der Waals surface area contributed by atoms with Crippen LogP contribution < -0.4 is 15.4 Å². The number of aromatic nitrogens is 1. The molecule has 1 aliphatic rings. The van der Waals surface area contributed by atoms with E-state index in [0.717, 1.165) is 25.9 Å². The van der Waals surface area contributed by atoms with Gasteiger partial charge < -0.3 is 14.8 Å². The number of methoxy groups -OCH3 is 1. The Morgan fingerprint density at radius 2 is 2.12 bits per heavy atom. The highest BCUT2D eigenvalue weighted by Gasteiger charge is 2.19. The summed E-state index contributed by atoms with van der Waals surface area (Å²) in [5.74, 6) is 0.875. The predicted molar refractivity (Wildman–Crippen MR) is 98.7 cm³/mol. The Morgan fingerprint density at radius 1 is 1.32 bits per heavy atom. The van der Waals surface area contributed by atoms with Gasteiger partial charge in [-0.2, -0.15) is 0 Å².